The molecule has 2 heterocycles. The van der Waals surface area contributed by atoms with Gasteiger partial charge in [-0.3, -0.25) is 24.6 Å². The standard InChI is InChI=1S/C25H21N3O6/c1-15(2)34-19-11-9-16(10-12-19)23(29)21-22(17-6-5-7-18(14-17)28(32)33)27(25(31)24(21)30)20-8-3-4-13-26-20/h3-15,22,29H,1-2H3/b23-21+. The molecule has 1 saturated heterocycles. The van der Waals surface area contributed by atoms with Crippen LogP contribution in [0.1, 0.15) is 31.0 Å². The largest absolute Gasteiger partial charge is 0.507 e. The molecule has 1 fully saturated rings. The minimum atomic E-state index is -1.11. The first-order valence-corrected chi connectivity index (χ1v) is 10.5. The Balaban J connectivity index is 1.89. The molecule has 1 unspecified atom stereocenters. The van der Waals surface area contributed by atoms with Gasteiger partial charge in [0.25, 0.3) is 11.5 Å². The third-order valence-corrected chi connectivity index (χ3v) is 5.24. The Hall–Kier alpha value is -4.53. The second kappa shape index (κ2) is 9.14. The molecule has 172 valence electrons. The quantitative estimate of drug-likeness (QED) is 0.190. The van der Waals surface area contributed by atoms with Gasteiger partial charge in [0, 0.05) is 23.9 Å². The molecular weight excluding hydrogens is 438 g/mol. The maximum atomic E-state index is 13.1. The molecule has 4 rings (SSSR count). The van der Waals surface area contributed by atoms with Crippen molar-refractivity contribution in [2.75, 3.05) is 4.90 Å². The molecule has 1 aliphatic heterocycles. The molecule has 1 amide bonds. The number of carbonyl (C=O) groups is 2. The molecule has 0 radical (unpaired) electrons. The number of rotatable bonds is 6. The summed E-state index contributed by atoms with van der Waals surface area (Å²) in [5, 5.41) is 22.5. The number of ether oxygens (including phenoxy) is 1. The van der Waals surface area contributed by atoms with Crippen LogP contribution in [0, 0.1) is 10.1 Å². The van der Waals surface area contributed by atoms with Gasteiger partial charge in [0.1, 0.15) is 17.3 Å². The van der Waals surface area contributed by atoms with Crippen molar-refractivity contribution < 1.29 is 24.4 Å². The number of anilines is 1. The molecule has 9 heteroatoms. The van der Waals surface area contributed by atoms with Gasteiger partial charge >= 0.3 is 5.91 Å². The monoisotopic (exact) mass is 459 g/mol. The number of hydrogen-bond donors (Lipinski definition) is 1. The average molecular weight is 459 g/mol. The van der Waals surface area contributed by atoms with Crippen molar-refractivity contribution in [2.45, 2.75) is 26.0 Å². The summed E-state index contributed by atoms with van der Waals surface area (Å²) in [5.74, 6) is -1.44. The van der Waals surface area contributed by atoms with E-state index in [1.165, 1.54) is 24.4 Å². The second-order valence-electron chi connectivity index (χ2n) is 7.90. The Bertz CT molecular complexity index is 1290. The number of aromatic nitrogens is 1. The molecule has 9 nitrogen and oxygen atoms in total. The zero-order chi connectivity index (χ0) is 24.4. The van der Waals surface area contributed by atoms with Crippen molar-refractivity contribution in [1.29, 1.82) is 0 Å². The van der Waals surface area contributed by atoms with Crippen molar-refractivity contribution in [1.82, 2.24) is 4.98 Å². The van der Waals surface area contributed by atoms with Crippen molar-refractivity contribution in [3.63, 3.8) is 0 Å². The maximum Gasteiger partial charge on any atom is 0.301 e. The van der Waals surface area contributed by atoms with Gasteiger partial charge in [0.05, 0.1) is 22.6 Å². The van der Waals surface area contributed by atoms with Gasteiger partial charge in [-0.05, 0) is 55.8 Å². The van der Waals surface area contributed by atoms with Crippen LogP contribution in [0.15, 0.2) is 78.5 Å². The van der Waals surface area contributed by atoms with Crippen LogP contribution in [0.5, 0.6) is 5.75 Å². The molecule has 3 aromatic rings. The normalized spacial score (nSPS) is 17.3. The summed E-state index contributed by atoms with van der Waals surface area (Å²) in [6, 6.07) is 15.8. The van der Waals surface area contributed by atoms with Crippen LogP contribution in [-0.4, -0.2) is 32.8 Å². The lowest BCUT2D eigenvalue weighted by Crippen LogP contribution is -2.30. The minimum Gasteiger partial charge on any atom is -0.507 e. The molecule has 2 aromatic carbocycles. The van der Waals surface area contributed by atoms with E-state index in [2.05, 4.69) is 4.98 Å². The number of nitro groups is 1. The van der Waals surface area contributed by atoms with Crippen LogP contribution >= 0.6 is 0 Å². The van der Waals surface area contributed by atoms with Gasteiger partial charge in [0.2, 0.25) is 0 Å². The number of nitro benzene ring substituents is 1. The predicted molar refractivity (Wildman–Crippen MR) is 124 cm³/mol. The van der Waals surface area contributed by atoms with Crippen LogP contribution in [-0.2, 0) is 9.59 Å². The number of Topliss-reactive ketones (excluding diaryl/α,β-unsaturated/α-hetero) is 1. The second-order valence-corrected chi connectivity index (χ2v) is 7.90. The van der Waals surface area contributed by atoms with Crippen molar-refractivity contribution in [2.24, 2.45) is 0 Å². The van der Waals surface area contributed by atoms with Crippen LogP contribution < -0.4 is 9.64 Å². The van der Waals surface area contributed by atoms with Gasteiger partial charge in [-0.15, -0.1) is 0 Å². The summed E-state index contributed by atoms with van der Waals surface area (Å²) in [4.78, 5) is 42.3. The van der Waals surface area contributed by atoms with Gasteiger partial charge in [-0.2, -0.15) is 0 Å². The topological polar surface area (TPSA) is 123 Å². The number of amides is 1. The van der Waals surface area contributed by atoms with Gasteiger partial charge < -0.3 is 9.84 Å². The van der Waals surface area contributed by atoms with Crippen LogP contribution in [0.3, 0.4) is 0 Å². The van der Waals surface area contributed by atoms with E-state index in [4.69, 9.17) is 4.74 Å². The third kappa shape index (κ3) is 4.23. The Morgan fingerprint density at radius 2 is 1.82 bits per heavy atom. The van der Waals surface area contributed by atoms with E-state index < -0.39 is 28.4 Å². The van der Waals surface area contributed by atoms with Crippen molar-refractivity contribution >= 4 is 29.0 Å². The van der Waals surface area contributed by atoms with Crippen LogP contribution in [0.25, 0.3) is 5.76 Å². The fourth-order valence-electron chi connectivity index (χ4n) is 3.81. The Kier molecular flexibility index (Phi) is 6.09. The number of hydrogen-bond acceptors (Lipinski definition) is 7. The maximum absolute atomic E-state index is 13.1. The van der Waals surface area contributed by atoms with E-state index in [0.717, 1.165) is 4.90 Å². The molecule has 1 N–H and O–H groups in total. The molecule has 1 aromatic heterocycles. The number of carbonyl (C=O) groups excluding carboxylic acids is 2. The summed E-state index contributed by atoms with van der Waals surface area (Å²) >= 11 is 0. The lowest BCUT2D eigenvalue weighted by molar-refractivity contribution is -0.384. The van der Waals surface area contributed by atoms with Crippen molar-refractivity contribution in [3.05, 3.63) is 99.7 Å². The summed E-state index contributed by atoms with van der Waals surface area (Å²) < 4.78 is 5.61. The molecule has 0 bridgehead atoms. The fraction of sp³-hybridized carbons (Fsp3) is 0.160. The van der Waals surface area contributed by atoms with E-state index in [-0.39, 0.29) is 23.2 Å². The van der Waals surface area contributed by atoms with E-state index >= 15 is 0 Å². The van der Waals surface area contributed by atoms with Crippen LogP contribution in [0.4, 0.5) is 11.5 Å². The first-order valence-electron chi connectivity index (χ1n) is 10.5. The summed E-state index contributed by atoms with van der Waals surface area (Å²) in [5.41, 5.74) is 0.193. The first-order chi connectivity index (χ1) is 16.3. The zero-order valence-corrected chi connectivity index (χ0v) is 18.4. The van der Waals surface area contributed by atoms with E-state index in [1.54, 1.807) is 48.5 Å². The number of aliphatic hydroxyl groups is 1. The highest BCUT2D eigenvalue weighted by Gasteiger charge is 2.47. The summed E-state index contributed by atoms with van der Waals surface area (Å²) in [6.45, 7) is 3.76. The smallest absolute Gasteiger partial charge is 0.301 e. The SMILES string of the molecule is CC(C)Oc1ccc(/C(O)=C2\C(=O)C(=O)N(c3ccccn3)C2c2cccc([N+](=O)[O-])c2)cc1. The van der Waals surface area contributed by atoms with E-state index in [0.29, 0.717) is 16.9 Å². The molecule has 34 heavy (non-hydrogen) atoms. The lowest BCUT2D eigenvalue weighted by atomic mass is 9.95. The Morgan fingerprint density at radius 1 is 1.09 bits per heavy atom. The highest BCUT2D eigenvalue weighted by molar-refractivity contribution is 6.51. The fourth-order valence-corrected chi connectivity index (χ4v) is 3.81. The molecular formula is C25H21N3O6. The van der Waals surface area contributed by atoms with Gasteiger partial charge in [-0.25, -0.2) is 4.98 Å². The van der Waals surface area contributed by atoms with Crippen molar-refractivity contribution in [3.8, 4) is 5.75 Å². The molecule has 1 atom stereocenters. The number of ketones is 1. The average Bonchev–Trinajstić information content (AvgIpc) is 3.10. The number of nitrogens with zero attached hydrogens (tertiary/aromatic N) is 3. The molecule has 0 spiro atoms. The summed E-state index contributed by atoms with van der Waals surface area (Å²) in [6.07, 6.45) is 1.42. The van der Waals surface area contributed by atoms with E-state index in [1.807, 2.05) is 13.8 Å². The third-order valence-electron chi connectivity index (χ3n) is 5.24. The minimum absolute atomic E-state index is 0.0444. The highest BCUT2D eigenvalue weighted by atomic mass is 16.6. The van der Waals surface area contributed by atoms with Crippen LogP contribution in [0.2, 0.25) is 0 Å². The van der Waals surface area contributed by atoms with Gasteiger partial charge in [-0.1, -0.05) is 18.2 Å². The number of non-ortho nitro benzene ring substituents is 1. The molecule has 1 aliphatic rings. The molecule has 0 aliphatic carbocycles. The predicted octanol–water partition coefficient (Wildman–Crippen LogP) is 4.40. The Morgan fingerprint density at radius 3 is 2.44 bits per heavy atom. The number of pyridine rings is 1. The van der Waals surface area contributed by atoms with E-state index in [9.17, 15) is 24.8 Å². The number of benzene rings is 2. The first kappa shape index (κ1) is 22.7. The highest BCUT2D eigenvalue weighted by Crippen LogP contribution is 2.42. The van der Waals surface area contributed by atoms with Gasteiger partial charge in [0.15, 0.2) is 0 Å². The Labute approximate surface area is 195 Å². The zero-order valence-electron chi connectivity index (χ0n) is 18.4. The number of aliphatic hydroxyl groups excluding tert-OH is 1. The molecule has 0 saturated carbocycles. The lowest BCUT2D eigenvalue weighted by Gasteiger charge is -2.24. The summed E-state index contributed by atoms with van der Waals surface area (Å²) in [7, 11) is 0.